The van der Waals surface area contributed by atoms with Crippen molar-refractivity contribution in [2.24, 2.45) is 5.41 Å². The fourth-order valence-corrected chi connectivity index (χ4v) is 1.87. The van der Waals surface area contributed by atoms with E-state index in [4.69, 9.17) is 10.5 Å². The largest absolute Gasteiger partial charge is 0.497 e. The van der Waals surface area contributed by atoms with Crippen molar-refractivity contribution in [1.29, 1.82) is 0 Å². The summed E-state index contributed by atoms with van der Waals surface area (Å²) < 4.78 is 7.03. The molecule has 6 heteroatoms. The summed E-state index contributed by atoms with van der Waals surface area (Å²) in [5.41, 5.74) is 7.60. The van der Waals surface area contributed by atoms with Crippen LogP contribution in [0.5, 0.6) is 5.75 Å². The molecule has 0 aliphatic rings. The number of nitrogens with two attached hydrogens (primary N) is 1. The minimum atomic E-state index is 0.233. The number of methoxy groups -OCH3 is 1. The predicted octanol–water partition coefficient (Wildman–Crippen LogP) is 2.37. The molecule has 0 amide bonds. The number of ether oxygens (including phenoxy) is 1. The number of hydrogen-bond acceptors (Lipinski definition) is 5. The van der Waals surface area contributed by atoms with Gasteiger partial charge in [-0.1, -0.05) is 20.8 Å². The van der Waals surface area contributed by atoms with Crippen LogP contribution < -0.4 is 10.5 Å². The molecule has 0 atom stereocenters. The third-order valence-electron chi connectivity index (χ3n) is 3.03. The molecule has 20 heavy (non-hydrogen) atoms. The van der Waals surface area contributed by atoms with E-state index in [1.807, 2.05) is 12.1 Å². The Kier molecular flexibility index (Phi) is 3.92. The van der Waals surface area contributed by atoms with E-state index in [2.05, 4.69) is 36.3 Å². The zero-order chi connectivity index (χ0) is 14.8. The second kappa shape index (κ2) is 5.48. The highest BCUT2D eigenvalue weighted by atomic mass is 16.5. The van der Waals surface area contributed by atoms with Crippen LogP contribution in [0.3, 0.4) is 0 Å². The standard InChI is InChI=1S/C14H21N5O/c1-14(2,3)5-6-19-13(16-17-18-19)10-7-11(15)9-12(8-10)20-4/h7-9H,5-6,15H2,1-4H3. The van der Waals surface area contributed by atoms with Crippen molar-refractivity contribution in [2.45, 2.75) is 33.7 Å². The van der Waals surface area contributed by atoms with Crippen LogP contribution in [-0.4, -0.2) is 27.3 Å². The predicted molar refractivity (Wildman–Crippen MR) is 78.3 cm³/mol. The lowest BCUT2D eigenvalue weighted by atomic mass is 9.92. The molecule has 1 heterocycles. The molecular weight excluding hydrogens is 254 g/mol. The smallest absolute Gasteiger partial charge is 0.182 e. The molecule has 2 N–H and O–H groups in total. The Balaban J connectivity index is 2.30. The van der Waals surface area contributed by atoms with Crippen LogP contribution in [0.4, 0.5) is 5.69 Å². The van der Waals surface area contributed by atoms with E-state index in [0.29, 0.717) is 17.3 Å². The number of tetrazole rings is 1. The van der Waals surface area contributed by atoms with Gasteiger partial charge in [0.2, 0.25) is 0 Å². The van der Waals surface area contributed by atoms with Gasteiger partial charge in [0.15, 0.2) is 5.82 Å². The van der Waals surface area contributed by atoms with Gasteiger partial charge in [0.1, 0.15) is 5.75 Å². The first-order valence-electron chi connectivity index (χ1n) is 6.60. The van der Waals surface area contributed by atoms with Gasteiger partial charge in [-0.05, 0) is 34.4 Å². The van der Waals surface area contributed by atoms with Crippen molar-refractivity contribution in [1.82, 2.24) is 20.2 Å². The van der Waals surface area contributed by atoms with E-state index in [1.165, 1.54) is 0 Å². The minimum Gasteiger partial charge on any atom is -0.497 e. The van der Waals surface area contributed by atoms with E-state index < -0.39 is 0 Å². The van der Waals surface area contributed by atoms with Crippen LogP contribution in [0.15, 0.2) is 18.2 Å². The lowest BCUT2D eigenvalue weighted by molar-refractivity contribution is 0.340. The molecule has 6 nitrogen and oxygen atoms in total. The Morgan fingerprint density at radius 3 is 2.65 bits per heavy atom. The highest BCUT2D eigenvalue weighted by Gasteiger charge is 2.15. The fourth-order valence-electron chi connectivity index (χ4n) is 1.87. The zero-order valence-electron chi connectivity index (χ0n) is 12.4. The molecule has 108 valence electrons. The summed E-state index contributed by atoms with van der Waals surface area (Å²) in [7, 11) is 1.61. The topological polar surface area (TPSA) is 78.8 Å². The summed E-state index contributed by atoms with van der Waals surface area (Å²) in [5, 5.41) is 11.9. The summed E-state index contributed by atoms with van der Waals surface area (Å²) in [4.78, 5) is 0. The van der Waals surface area contributed by atoms with Crippen molar-refractivity contribution >= 4 is 5.69 Å². The Morgan fingerprint density at radius 1 is 1.25 bits per heavy atom. The molecule has 2 aromatic rings. The maximum absolute atomic E-state index is 5.88. The average molecular weight is 275 g/mol. The summed E-state index contributed by atoms with van der Waals surface area (Å²) in [6.07, 6.45) is 0.991. The number of nitrogen functional groups attached to an aromatic ring is 1. The molecule has 1 aromatic carbocycles. The SMILES string of the molecule is COc1cc(N)cc(-c2nnnn2CCC(C)(C)C)c1. The summed E-state index contributed by atoms with van der Waals surface area (Å²) in [6, 6.07) is 5.50. The van der Waals surface area contributed by atoms with Gasteiger partial charge in [-0.25, -0.2) is 4.68 Å². The number of aryl methyl sites for hydroxylation is 1. The van der Waals surface area contributed by atoms with Gasteiger partial charge in [0.25, 0.3) is 0 Å². The van der Waals surface area contributed by atoms with E-state index in [9.17, 15) is 0 Å². The van der Waals surface area contributed by atoms with Crippen molar-refractivity contribution in [3.63, 3.8) is 0 Å². The molecule has 0 aliphatic heterocycles. The number of aromatic nitrogens is 4. The van der Waals surface area contributed by atoms with E-state index >= 15 is 0 Å². The third kappa shape index (κ3) is 3.46. The molecule has 0 bridgehead atoms. The van der Waals surface area contributed by atoms with Crippen molar-refractivity contribution < 1.29 is 4.74 Å². The Morgan fingerprint density at radius 2 is 2.00 bits per heavy atom. The van der Waals surface area contributed by atoms with Crippen LogP contribution in [0.25, 0.3) is 11.4 Å². The number of anilines is 1. The molecule has 0 radical (unpaired) electrons. The van der Waals surface area contributed by atoms with Gasteiger partial charge >= 0.3 is 0 Å². The third-order valence-corrected chi connectivity index (χ3v) is 3.03. The quantitative estimate of drug-likeness (QED) is 0.867. The molecule has 0 fully saturated rings. The Hall–Kier alpha value is -2.11. The van der Waals surface area contributed by atoms with Crippen LogP contribution in [0, 0.1) is 5.41 Å². The number of hydrogen-bond donors (Lipinski definition) is 1. The summed E-state index contributed by atoms with van der Waals surface area (Å²) >= 11 is 0. The Bertz CT molecular complexity index is 585. The molecule has 0 saturated carbocycles. The van der Waals surface area contributed by atoms with Gasteiger partial charge in [0.05, 0.1) is 7.11 Å². The molecule has 0 unspecified atom stereocenters. The van der Waals surface area contributed by atoms with Gasteiger partial charge < -0.3 is 10.5 Å². The van der Waals surface area contributed by atoms with Crippen LogP contribution >= 0.6 is 0 Å². The van der Waals surface area contributed by atoms with Crippen LogP contribution in [-0.2, 0) is 6.54 Å². The monoisotopic (exact) mass is 275 g/mol. The van der Waals surface area contributed by atoms with Crippen molar-refractivity contribution in [3.8, 4) is 17.1 Å². The van der Waals surface area contributed by atoms with E-state index in [0.717, 1.165) is 18.5 Å². The molecule has 1 aromatic heterocycles. The molecular formula is C14H21N5O. The van der Waals surface area contributed by atoms with Gasteiger partial charge in [-0.2, -0.15) is 0 Å². The number of nitrogens with zero attached hydrogens (tertiary/aromatic N) is 4. The first kappa shape index (κ1) is 14.3. The first-order valence-corrected chi connectivity index (χ1v) is 6.60. The van der Waals surface area contributed by atoms with Gasteiger partial charge in [-0.3, -0.25) is 0 Å². The highest BCUT2D eigenvalue weighted by Crippen LogP contribution is 2.26. The first-order chi connectivity index (χ1) is 9.39. The molecule has 2 rings (SSSR count). The second-order valence-corrected chi connectivity index (χ2v) is 6.03. The maximum Gasteiger partial charge on any atom is 0.182 e. The molecule has 0 saturated heterocycles. The molecule has 0 spiro atoms. The number of rotatable bonds is 4. The molecule has 0 aliphatic carbocycles. The van der Waals surface area contributed by atoms with E-state index in [-0.39, 0.29) is 5.41 Å². The number of benzene rings is 1. The minimum absolute atomic E-state index is 0.233. The summed E-state index contributed by atoms with van der Waals surface area (Å²) in [6.45, 7) is 7.35. The maximum atomic E-state index is 5.88. The zero-order valence-corrected chi connectivity index (χ0v) is 12.4. The van der Waals surface area contributed by atoms with Crippen molar-refractivity contribution in [2.75, 3.05) is 12.8 Å². The van der Waals surface area contributed by atoms with Gasteiger partial charge in [0, 0.05) is 23.9 Å². The Labute approximate surface area is 118 Å². The average Bonchev–Trinajstić information content (AvgIpc) is 2.83. The van der Waals surface area contributed by atoms with Crippen molar-refractivity contribution in [3.05, 3.63) is 18.2 Å². The lowest BCUT2D eigenvalue weighted by Crippen LogP contribution is -2.12. The van der Waals surface area contributed by atoms with Gasteiger partial charge in [-0.15, -0.1) is 5.10 Å². The van der Waals surface area contributed by atoms with Crippen LogP contribution in [0.1, 0.15) is 27.2 Å². The second-order valence-electron chi connectivity index (χ2n) is 6.03. The van der Waals surface area contributed by atoms with E-state index in [1.54, 1.807) is 17.9 Å². The normalized spacial score (nSPS) is 11.6. The lowest BCUT2D eigenvalue weighted by Gasteiger charge is -2.17. The summed E-state index contributed by atoms with van der Waals surface area (Å²) in [5.74, 6) is 1.41. The van der Waals surface area contributed by atoms with Crippen LogP contribution in [0.2, 0.25) is 0 Å². The highest BCUT2D eigenvalue weighted by molar-refractivity contribution is 5.64. The fraction of sp³-hybridized carbons (Fsp3) is 0.500.